The molecule has 0 N–H and O–H groups in total. The van der Waals surface area contributed by atoms with Crippen LogP contribution in [0.15, 0.2) is 291 Å². The van der Waals surface area contributed by atoms with Crippen LogP contribution < -0.4 is 0 Å². The van der Waals surface area contributed by atoms with Gasteiger partial charge in [-0.1, -0.05) is 224 Å². The van der Waals surface area contributed by atoms with E-state index >= 15 is 0 Å². The SMILES string of the molecule is N#Cc1cccc(-c2cc(-c3ccc4ccccc4c3)c3cc(-c4ccc5ccccc5c4)c4ccccc4c3n2)c1.N#Cc1ccccc1-c1cc(-c2ccc3ccccc3c2)c2cc(-c3ccc4ccccc4c3)c3ccccc3c2n1. The molecule has 0 radical (unpaired) electrons. The summed E-state index contributed by atoms with van der Waals surface area (Å²) in [7, 11) is 0. The standard InChI is InChI=1S/2C40H24N2/c41-25-26-8-7-13-33(20-26)39-24-37(32-19-17-28-10-2-4-12-30(28)22-32)38-23-36(34-14-5-6-15-35(34)40(38)42-39)31-18-16-27-9-1-3-11-29(27)21-31;41-25-32-13-5-6-14-33(32)39-24-37(31-20-18-27-10-2-4-12-29(27)22-31)38-23-36(34-15-7-8-16-35(34)40(38)42-39)30-19-17-26-9-1-3-11-28(26)21-30/h2*1-24H. The molecular weight excluding hydrogens is 1020 g/mol. The van der Waals surface area contributed by atoms with E-state index in [1.807, 2.05) is 48.5 Å². The topological polar surface area (TPSA) is 73.4 Å². The van der Waals surface area contributed by atoms with E-state index in [4.69, 9.17) is 9.97 Å². The van der Waals surface area contributed by atoms with Gasteiger partial charge in [-0.2, -0.15) is 10.5 Å². The molecule has 0 aliphatic carbocycles. The van der Waals surface area contributed by atoms with Gasteiger partial charge >= 0.3 is 0 Å². The summed E-state index contributed by atoms with van der Waals surface area (Å²) in [6.07, 6.45) is 0. The van der Waals surface area contributed by atoms with Crippen molar-refractivity contribution in [3.05, 3.63) is 302 Å². The molecule has 0 aliphatic rings. The highest BCUT2D eigenvalue weighted by Gasteiger charge is 2.20. The highest BCUT2D eigenvalue weighted by molar-refractivity contribution is 6.18. The molecule has 4 nitrogen and oxygen atoms in total. The zero-order valence-electron chi connectivity index (χ0n) is 45.5. The molecule has 2 aromatic heterocycles. The number of rotatable bonds is 6. The van der Waals surface area contributed by atoms with Crippen molar-refractivity contribution in [2.75, 3.05) is 0 Å². The van der Waals surface area contributed by atoms with Crippen LogP contribution in [0.1, 0.15) is 11.1 Å². The van der Waals surface area contributed by atoms with Gasteiger partial charge in [-0.3, -0.25) is 0 Å². The lowest BCUT2D eigenvalue weighted by atomic mass is 9.89. The lowest BCUT2D eigenvalue weighted by Gasteiger charge is -2.16. The number of hydrogen-bond acceptors (Lipinski definition) is 4. The molecule has 0 atom stereocenters. The second kappa shape index (κ2) is 20.8. The van der Waals surface area contributed by atoms with Gasteiger partial charge < -0.3 is 0 Å². The van der Waals surface area contributed by atoms with Crippen LogP contribution in [0.3, 0.4) is 0 Å². The third kappa shape index (κ3) is 8.89. The van der Waals surface area contributed by atoms with Gasteiger partial charge in [0, 0.05) is 32.7 Å². The smallest absolute Gasteiger partial charge is 0.0998 e. The summed E-state index contributed by atoms with van der Waals surface area (Å²) < 4.78 is 0. The van der Waals surface area contributed by atoms with Crippen LogP contribution in [0, 0.1) is 22.7 Å². The molecule has 0 spiro atoms. The summed E-state index contributed by atoms with van der Waals surface area (Å²) in [5.41, 5.74) is 15.8. The largest absolute Gasteiger partial charge is 0.247 e. The molecule has 16 rings (SSSR count). The minimum Gasteiger partial charge on any atom is -0.247 e. The minimum absolute atomic E-state index is 0.617. The molecule has 0 saturated carbocycles. The Labute approximate surface area is 485 Å². The third-order valence-corrected chi connectivity index (χ3v) is 16.5. The van der Waals surface area contributed by atoms with E-state index < -0.39 is 0 Å². The van der Waals surface area contributed by atoms with E-state index in [2.05, 4.69) is 255 Å². The van der Waals surface area contributed by atoms with Crippen molar-refractivity contribution in [2.24, 2.45) is 0 Å². The number of pyridine rings is 2. The first-order valence-electron chi connectivity index (χ1n) is 28.2. The van der Waals surface area contributed by atoms with Gasteiger partial charge in [0.15, 0.2) is 0 Å². The molecule has 0 amide bonds. The third-order valence-electron chi connectivity index (χ3n) is 16.5. The van der Waals surface area contributed by atoms with Gasteiger partial charge in [0.05, 0.1) is 45.7 Å². The van der Waals surface area contributed by atoms with Crippen molar-refractivity contribution in [1.29, 1.82) is 10.5 Å². The molecule has 0 aliphatic heterocycles. The predicted molar refractivity (Wildman–Crippen MR) is 351 cm³/mol. The van der Waals surface area contributed by atoms with Gasteiger partial charge in [-0.15, -0.1) is 0 Å². The second-order valence-electron chi connectivity index (χ2n) is 21.4. The van der Waals surface area contributed by atoms with E-state index in [1.165, 1.54) is 70.7 Å². The molecule has 16 aromatic rings. The number of aromatic nitrogens is 2. The molecule has 84 heavy (non-hydrogen) atoms. The Morgan fingerprint density at radius 1 is 0.226 bits per heavy atom. The Balaban J connectivity index is 0.000000143. The van der Waals surface area contributed by atoms with Crippen LogP contribution in [-0.2, 0) is 0 Å². The number of nitrogens with zero attached hydrogens (tertiary/aromatic N) is 4. The van der Waals surface area contributed by atoms with Crippen molar-refractivity contribution in [3.63, 3.8) is 0 Å². The summed E-state index contributed by atoms with van der Waals surface area (Å²) >= 11 is 0. The fourth-order valence-electron chi connectivity index (χ4n) is 12.3. The van der Waals surface area contributed by atoms with E-state index in [0.717, 1.165) is 82.7 Å². The first-order chi connectivity index (χ1) is 41.5. The minimum atomic E-state index is 0.617. The Hall–Kier alpha value is -11.6. The van der Waals surface area contributed by atoms with E-state index in [-0.39, 0.29) is 0 Å². The molecular formula is C80H48N4. The van der Waals surface area contributed by atoms with Gasteiger partial charge in [-0.25, -0.2) is 9.97 Å². The van der Waals surface area contributed by atoms with Crippen LogP contribution >= 0.6 is 0 Å². The van der Waals surface area contributed by atoms with Crippen LogP contribution in [0.2, 0.25) is 0 Å². The van der Waals surface area contributed by atoms with E-state index in [1.54, 1.807) is 0 Å². The highest BCUT2D eigenvalue weighted by atomic mass is 14.7. The maximum Gasteiger partial charge on any atom is 0.0998 e. The molecule has 14 aromatic carbocycles. The van der Waals surface area contributed by atoms with Crippen molar-refractivity contribution >= 4 is 86.4 Å². The zero-order chi connectivity index (χ0) is 56.1. The Morgan fingerprint density at radius 2 is 0.595 bits per heavy atom. The average Bonchev–Trinajstić information content (AvgIpc) is 3.62. The number of nitriles is 2. The summed E-state index contributed by atoms with van der Waals surface area (Å²) in [4.78, 5) is 10.5. The second-order valence-corrected chi connectivity index (χ2v) is 21.4. The summed E-state index contributed by atoms with van der Waals surface area (Å²) in [5.74, 6) is 0. The monoisotopic (exact) mass is 1060 g/mol. The quantitative estimate of drug-likeness (QED) is 0.156. The van der Waals surface area contributed by atoms with E-state index in [0.29, 0.717) is 11.1 Å². The normalized spacial score (nSPS) is 11.3. The molecule has 0 unspecified atom stereocenters. The molecule has 0 fully saturated rings. The number of fused-ring (bicyclic) bond motifs is 10. The molecule has 0 bridgehead atoms. The lowest BCUT2D eigenvalue weighted by Crippen LogP contribution is -1.94. The fraction of sp³-hybridized carbons (Fsp3) is 0. The van der Waals surface area contributed by atoms with Crippen molar-refractivity contribution in [3.8, 4) is 79.2 Å². The Bertz CT molecular complexity index is 5430. The summed E-state index contributed by atoms with van der Waals surface area (Å²) in [5, 5.41) is 35.9. The van der Waals surface area contributed by atoms with Gasteiger partial charge in [0.1, 0.15) is 0 Å². The summed E-state index contributed by atoms with van der Waals surface area (Å²) in [6, 6.07) is 107. The van der Waals surface area contributed by atoms with Gasteiger partial charge in [-0.05, 0) is 165 Å². The lowest BCUT2D eigenvalue weighted by molar-refractivity contribution is 1.39. The van der Waals surface area contributed by atoms with Crippen molar-refractivity contribution < 1.29 is 0 Å². The maximum atomic E-state index is 9.93. The highest BCUT2D eigenvalue weighted by Crippen LogP contribution is 2.44. The fourth-order valence-corrected chi connectivity index (χ4v) is 12.3. The zero-order valence-corrected chi connectivity index (χ0v) is 45.5. The van der Waals surface area contributed by atoms with Crippen LogP contribution in [-0.4, -0.2) is 9.97 Å². The predicted octanol–water partition coefficient (Wildman–Crippen LogP) is 21.1. The Morgan fingerprint density at radius 3 is 1.04 bits per heavy atom. The van der Waals surface area contributed by atoms with Crippen LogP contribution in [0.4, 0.5) is 0 Å². The molecule has 0 saturated heterocycles. The van der Waals surface area contributed by atoms with Crippen molar-refractivity contribution in [2.45, 2.75) is 0 Å². The number of hydrogen-bond donors (Lipinski definition) is 0. The summed E-state index contributed by atoms with van der Waals surface area (Å²) in [6.45, 7) is 0. The maximum absolute atomic E-state index is 9.93. The van der Waals surface area contributed by atoms with Gasteiger partial charge in [0.2, 0.25) is 0 Å². The van der Waals surface area contributed by atoms with Crippen LogP contribution in [0.25, 0.3) is 153 Å². The molecule has 4 heteroatoms. The molecule has 2 heterocycles. The number of benzene rings is 14. The van der Waals surface area contributed by atoms with Gasteiger partial charge in [0.25, 0.3) is 0 Å². The molecule has 388 valence electrons. The van der Waals surface area contributed by atoms with Crippen molar-refractivity contribution in [1.82, 2.24) is 9.97 Å². The first kappa shape index (κ1) is 49.5. The first-order valence-corrected chi connectivity index (χ1v) is 28.2. The Kier molecular flexibility index (Phi) is 12.3. The average molecular weight is 1070 g/mol. The van der Waals surface area contributed by atoms with Crippen LogP contribution in [0.5, 0.6) is 0 Å². The van der Waals surface area contributed by atoms with E-state index in [9.17, 15) is 10.5 Å².